The molecule has 1 aromatic heterocycles. The second-order valence-corrected chi connectivity index (χ2v) is 10.7. The number of piperidine rings is 1. The first kappa shape index (κ1) is 25.3. The quantitative estimate of drug-likeness (QED) is 0.578. The number of likely N-dealkylation sites (N-methyl/N-ethyl adjacent to an activating group) is 1. The first-order valence-corrected chi connectivity index (χ1v) is 13.4. The van der Waals surface area contributed by atoms with Crippen LogP contribution in [0.4, 0.5) is 10.6 Å². The molecule has 0 radical (unpaired) electrons. The Morgan fingerprint density at radius 1 is 1.08 bits per heavy atom. The summed E-state index contributed by atoms with van der Waals surface area (Å²) in [6, 6.07) is 13.3. The number of likely N-dealkylation sites (tertiary alicyclic amines) is 1. The standard InChI is InChI=1S/C28H32ClN5O3/c1-32(28(36)37-23-3-2-4-23)25-18-34(17-24(25)20-6-8-22(29)9-7-20)27(35)21-11-13-33(14-12-21)26-10-5-19(15-30)16-31-26/h5-10,16,21,23-25H,2-4,11-14,17-18H2,1H3/t24-,25+/m0/s1. The van der Waals surface area contributed by atoms with Gasteiger partial charge in [0.2, 0.25) is 5.91 Å². The Kier molecular flexibility index (Phi) is 7.52. The number of nitrogens with zero attached hydrogens (tertiary/aromatic N) is 5. The van der Waals surface area contributed by atoms with Gasteiger partial charge in [0.05, 0.1) is 11.6 Å². The lowest BCUT2D eigenvalue weighted by atomic mass is 9.93. The van der Waals surface area contributed by atoms with Gasteiger partial charge in [0, 0.05) is 56.3 Å². The summed E-state index contributed by atoms with van der Waals surface area (Å²) in [5, 5.41) is 9.66. The van der Waals surface area contributed by atoms with Crippen LogP contribution in [-0.4, -0.2) is 72.2 Å². The average molecular weight is 522 g/mol. The molecule has 8 nitrogen and oxygen atoms in total. The third kappa shape index (κ3) is 5.52. The van der Waals surface area contributed by atoms with Crippen LogP contribution in [0.15, 0.2) is 42.6 Å². The molecule has 2 aromatic rings. The molecule has 3 heterocycles. The van der Waals surface area contributed by atoms with Crippen molar-refractivity contribution >= 4 is 29.4 Å². The van der Waals surface area contributed by atoms with Gasteiger partial charge in [-0.1, -0.05) is 23.7 Å². The second-order valence-electron chi connectivity index (χ2n) is 10.3. The van der Waals surface area contributed by atoms with E-state index in [1.807, 2.05) is 35.2 Å². The zero-order chi connectivity index (χ0) is 25.9. The number of pyridine rings is 1. The van der Waals surface area contributed by atoms with Crippen molar-refractivity contribution in [2.75, 3.05) is 38.1 Å². The number of rotatable bonds is 5. The van der Waals surface area contributed by atoms with E-state index in [-0.39, 0.29) is 36.0 Å². The number of ether oxygens (including phenoxy) is 1. The largest absolute Gasteiger partial charge is 0.446 e. The highest BCUT2D eigenvalue weighted by Crippen LogP contribution is 2.34. The minimum atomic E-state index is -0.314. The topological polar surface area (TPSA) is 89.8 Å². The number of halogens is 1. The van der Waals surface area contributed by atoms with Crippen molar-refractivity contribution in [2.45, 2.75) is 50.2 Å². The van der Waals surface area contributed by atoms with E-state index in [2.05, 4.69) is 16.0 Å². The molecule has 1 aromatic carbocycles. The van der Waals surface area contributed by atoms with E-state index in [0.29, 0.717) is 23.7 Å². The SMILES string of the molecule is CN(C(=O)OC1CCC1)[C@@H]1CN(C(=O)C2CCN(c3ccc(C#N)cn3)CC2)C[C@H]1c1ccc(Cl)cc1. The van der Waals surface area contributed by atoms with Crippen LogP contribution in [0.25, 0.3) is 0 Å². The molecular formula is C28H32ClN5O3. The summed E-state index contributed by atoms with van der Waals surface area (Å²) in [7, 11) is 1.78. The van der Waals surface area contributed by atoms with Gasteiger partial charge in [-0.05, 0) is 61.9 Å². The maximum absolute atomic E-state index is 13.6. The summed E-state index contributed by atoms with van der Waals surface area (Å²) >= 11 is 6.13. The molecule has 2 atom stereocenters. The van der Waals surface area contributed by atoms with Gasteiger partial charge in [-0.25, -0.2) is 9.78 Å². The van der Waals surface area contributed by atoms with E-state index in [4.69, 9.17) is 21.6 Å². The predicted octanol–water partition coefficient (Wildman–Crippen LogP) is 4.44. The van der Waals surface area contributed by atoms with E-state index in [1.165, 1.54) is 0 Å². The van der Waals surface area contributed by atoms with Crippen molar-refractivity contribution in [1.82, 2.24) is 14.8 Å². The second kappa shape index (κ2) is 11.0. The number of amides is 2. The molecule has 3 fully saturated rings. The molecule has 0 spiro atoms. The fourth-order valence-corrected chi connectivity index (χ4v) is 5.63. The summed E-state index contributed by atoms with van der Waals surface area (Å²) in [6.07, 6.45) is 5.71. The van der Waals surface area contributed by atoms with Gasteiger partial charge >= 0.3 is 6.09 Å². The van der Waals surface area contributed by atoms with Crippen LogP contribution in [0.3, 0.4) is 0 Å². The highest BCUT2D eigenvalue weighted by molar-refractivity contribution is 6.30. The number of hydrogen-bond donors (Lipinski definition) is 0. The summed E-state index contributed by atoms with van der Waals surface area (Å²) < 4.78 is 5.68. The van der Waals surface area contributed by atoms with Crippen molar-refractivity contribution < 1.29 is 14.3 Å². The van der Waals surface area contributed by atoms with E-state index in [9.17, 15) is 9.59 Å². The Balaban J connectivity index is 1.25. The first-order valence-electron chi connectivity index (χ1n) is 13.0. The minimum Gasteiger partial charge on any atom is -0.446 e. The maximum Gasteiger partial charge on any atom is 0.410 e. The Labute approximate surface area is 222 Å². The van der Waals surface area contributed by atoms with Gasteiger partial charge in [-0.3, -0.25) is 4.79 Å². The lowest BCUT2D eigenvalue weighted by molar-refractivity contribution is -0.135. The maximum atomic E-state index is 13.6. The zero-order valence-electron chi connectivity index (χ0n) is 21.1. The molecular weight excluding hydrogens is 490 g/mol. The minimum absolute atomic E-state index is 0.0110. The smallest absolute Gasteiger partial charge is 0.410 e. The third-order valence-corrected chi connectivity index (χ3v) is 8.30. The highest BCUT2D eigenvalue weighted by atomic mass is 35.5. The molecule has 9 heteroatoms. The summed E-state index contributed by atoms with van der Waals surface area (Å²) in [4.78, 5) is 36.7. The fraction of sp³-hybridized carbons (Fsp3) is 0.500. The number of carbonyl (C=O) groups is 2. The van der Waals surface area contributed by atoms with Crippen LogP contribution < -0.4 is 4.90 Å². The molecule has 2 aliphatic heterocycles. The Bertz CT molecular complexity index is 1150. The lowest BCUT2D eigenvalue weighted by Gasteiger charge is -2.34. The summed E-state index contributed by atoms with van der Waals surface area (Å²) in [6.45, 7) is 2.52. The molecule has 0 N–H and O–H groups in total. The Hall–Kier alpha value is -3.31. The molecule has 194 valence electrons. The van der Waals surface area contributed by atoms with E-state index < -0.39 is 0 Å². The Morgan fingerprint density at radius 3 is 2.41 bits per heavy atom. The molecule has 1 aliphatic carbocycles. The predicted molar refractivity (Wildman–Crippen MR) is 140 cm³/mol. The average Bonchev–Trinajstić information content (AvgIpc) is 3.36. The molecule has 0 bridgehead atoms. The van der Waals surface area contributed by atoms with Crippen LogP contribution in [0.1, 0.15) is 49.1 Å². The number of carbonyl (C=O) groups excluding carboxylic acids is 2. The summed E-state index contributed by atoms with van der Waals surface area (Å²) in [5.41, 5.74) is 1.60. The zero-order valence-corrected chi connectivity index (χ0v) is 21.8. The number of hydrogen-bond acceptors (Lipinski definition) is 6. The first-order chi connectivity index (χ1) is 17.9. The van der Waals surface area contributed by atoms with E-state index >= 15 is 0 Å². The fourth-order valence-electron chi connectivity index (χ4n) is 5.50. The van der Waals surface area contributed by atoms with Crippen LogP contribution in [0.2, 0.25) is 5.02 Å². The summed E-state index contributed by atoms with van der Waals surface area (Å²) in [5.74, 6) is 0.907. The third-order valence-electron chi connectivity index (χ3n) is 8.05. The number of nitriles is 1. The van der Waals surface area contributed by atoms with Crippen molar-refractivity contribution in [1.29, 1.82) is 5.26 Å². The van der Waals surface area contributed by atoms with E-state index in [0.717, 1.165) is 56.6 Å². The van der Waals surface area contributed by atoms with Gasteiger partial charge in [0.25, 0.3) is 0 Å². The number of aromatic nitrogens is 1. The Morgan fingerprint density at radius 2 is 1.81 bits per heavy atom. The lowest BCUT2D eigenvalue weighted by Crippen LogP contribution is -2.45. The molecule has 0 unspecified atom stereocenters. The molecule has 1 saturated carbocycles. The molecule has 2 saturated heterocycles. The van der Waals surface area contributed by atoms with Gasteiger partial charge < -0.3 is 19.4 Å². The van der Waals surface area contributed by atoms with Crippen molar-refractivity contribution in [2.24, 2.45) is 5.92 Å². The number of anilines is 1. The van der Waals surface area contributed by atoms with Crippen LogP contribution in [0, 0.1) is 17.2 Å². The monoisotopic (exact) mass is 521 g/mol. The normalized spacial score (nSPS) is 22.3. The van der Waals surface area contributed by atoms with Crippen LogP contribution >= 0.6 is 11.6 Å². The van der Waals surface area contributed by atoms with Gasteiger partial charge in [-0.2, -0.15) is 5.26 Å². The van der Waals surface area contributed by atoms with Crippen molar-refractivity contribution in [3.63, 3.8) is 0 Å². The van der Waals surface area contributed by atoms with E-state index in [1.54, 1.807) is 24.2 Å². The molecule has 2 amide bonds. The van der Waals surface area contributed by atoms with Gasteiger partial charge in [0.1, 0.15) is 18.0 Å². The van der Waals surface area contributed by atoms with Crippen molar-refractivity contribution in [3.8, 4) is 6.07 Å². The van der Waals surface area contributed by atoms with Crippen molar-refractivity contribution in [3.05, 3.63) is 58.7 Å². The van der Waals surface area contributed by atoms with Gasteiger partial charge in [-0.15, -0.1) is 0 Å². The number of benzene rings is 1. The highest BCUT2D eigenvalue weighted by Gasteiger charge is 2.42. The van der Waals surface area contributed by atoms with Crippen LogP contribution in [0.5, 0.6) is 0 Å². The molecule has 37 heavy (non-hydrogen) atoms. The van der Waals surface area contributed by atoms with Crippen LogP contribution in [-0.2, 0) is 9.53 Å². The molecule has 3 aliphatic rings. The van der Waals surface area contributed by atoms with Gasteiger partial charge in [0.15, 0.2) is 0 Å². The molecule has 5 rings (SSSR count).